The Labute approximate surface area is 82.7 Å². The van der Waals surface area contributed by atoms with E-state index in [-0.39, 0.29) is 10.7 Å². The number of carbonyl (C=O) groups is 1. The first kappa shape index (κ1) is 9.40. The molecule has 1 heterocycles. The number of carbonyl (C=O) groups excluding carboxylic acids is 1. The second-order valence-electron chi connectivity index (χ2n) is 3.30. The van der Waals surface area contributed by atoms with Crippen molar-refractivity contribution in [2.45, 2.75) is 23.5 Å². The first-order chi connectivity index (χ1) is 6.59. The lowest BCUT2D eigenvalue weighted by molar-refractivity contribution is 0.0989. The monoisotopic (exact) mass is 210 g/mol. The van der Waals surface area contributed by atoms with E-state index < -0.39 is 15.1 Å². The number of Topliss-reactive ketones (excluding diaryl/α,β-unsaturated/α-hetero) is 1. The third-order valence-corrected chi connectivity index (χ3v) is 4.76. The summed E-state index contributed by atoms with van der Waals surface area (Å²) in [4.78, 5) is 11.9. The molecule has 0 amide bonds. The first-order valence-electron chi connectivity index (χ1n) is 4.46. The molecule has 1 unspecified atom stereocenters. The second kappa shape index (κ2) is 2.92. The van der Waals surface area contributed by atoms with Crippen molar-refractivity contribution in [3.8, 4) is 0 Å². The number of sulfone groups is 1. The van der Waals surface area contributed by atoms with Gasteiger partial charge in [0.05, 0.1) is 4.90 Å². The fourth-order valence-electron chi connectivity index (χ4n) is 1.79. The predicted octanol–water partition coefficient (Wildman–Crippen LogP) is 1.44. The van der Waals surface area contributed by atoms with Crippen LogP contribution in [0.3, 0.4) is 0 Å². The summed E-state index contributed by atoms with van der Waals surface area (Å²) in [6.45, 7) is 1.71. The van der Waals surface area contributed by atoms with Gasteiger partial charge in [0.1, 0.15) is 5.25 Å². The van der Waals surface area contributed by atoms with E-state index in [1.165, 1.54) is 6.07 Å². The maximum Gasteiger partial charge on any atom is 0.189 e. The summed E-state index contributed by atoms with van der Waals surface area (Å²) < 4.78 is 23.6. The van der Waals surface area contributed by atoms with Gasteiger partial charge in [0.15, 0.2) is 15.6 Å². The zero-order valence-electron chi connectivity index (χ0n) is 7.73. The van der Waals surface area contributed by atoms with E-state index in [0.717, 1.165) is 0 Å². The molecule has 4 heteroatoms. The molecule has 0 aliphatic carbocycles. The molecule has 0 fully saturated rings. The Kier molecular flexibility index (Phi) is 1.96. The van der Waals surface area contributed by atoms with Crippen molar-refractivity contribution in [3.05, 3.63) is 29.8 Å². The lowest BCUT2D eigenvalue weighted by Crippen LogP contribution is -2.21. The molecule has 0 spiro atoms. The highest BCUT2D eigenvalue weighted by Crippen LogP contribution is 2.32. The van der Waals surface area contributed by atoms with Gasteiger partial charge in [0.25, 0.3) is 0 Å². The first-order valence-corrected chi connectivity index (χ1v) is 6.00. The molecule has 0 aromatic heterocycles. The smallest absolute Gasteiger partial charge is 0.189 e. The number of rotatable bonds is 1. The number of hydrogen-bond acceptors (Lipinski definition) is 3. The summed E-state index contributed by atoms with van der Waals surface area (Å²) in [6, 6.07) is 6.40. The van der Waals surface area contributed by atoms with Gasteiger partial charge in [-0.05, 0) is 12.5 Å². The highest BCUT2D eigenvalue weighted by molar-refractivity contribution is 7.93. The van der Waals surface area contributed by atoms with Gasteiger partial charge in [0, 0.05) is 5.56 Å². The molecule has 0 radical (unpaired) electrons. The molecule has 1 aromatic carbocycles. The van der Waals surface area contributed by atoms with Crippen molar-refractivity contribution in [2.24, 2.45) is 0 Å². The van der Waals surface area contributed by atoms with Crippen molar-refractivity contribution in [1.82, 2.24) is 0 Å². The Morgan fingerprint density at radius 2 is 1.93 bits per heavy atom. The molecule has 0 bridgehead atoms. The van der Waals surface area contributed by atoms with E-state index in [1.807, 2.05) is 0 Å². The summed E-state index contributed by atoms with van der Waals surface area (Å²) >= 11 is 0. The van der Waals surface area contributed by atoms with Crippen LogP contribution in [0.2, 0.25) is 0 Å². The van der Waals surface area contributed by atoms with Crippen molar-refractivity contribution >= 4 is 15.6 Å². The van der Waals surface area contributed by atoms with Crippen LogP contribution in [0.1, 0.15) is 23.7 Å². The van der Waals surface area contributed by atoms with Crippen LogP contribution in [0.5, 0.6) is 0 Å². The van der Waals surface area contributed by atoms with Crippen LogP contribution in [0.15, 0.2) is 29.2 Å². The van der Waals surface area contributed by atoms with E-state index >= 15 is 0 Å². The molecule has 14 heavy (non-hydrogen) atoms. The quantitative estimate of drug-likeness (QED) is 0.704. The number of fused-ring (bicyclic) bond motifs is 1. The van der Waals surface area contributed by atoms with Gasteiger partial charge in [-0.3, -0.25) is 4.79 Å². The number of hydrogen-bond donors (Lipinski definition) is 0. The minimum absolute atomic E-state index is 0.192. The Morgan fingerprint density at radius 3 is 2.50 bits per heavy atom. The molecule has 3 nitrogen and oxygen atoms in total. The van der Waals surface area contributed by atoms with Gasteiger partial charge in [-0.2, -0.15) is 0 Å². The number of ketones is 1. The van der Waals surface area contributed by atoms with Crippen molar-refractivity contribution in [3.63, 3.8) is 0 Å². The Balaban J connectivity index is 2.74. The minimum atomic E-state index is -3.40. The summed E-state index contributed by atoms with van der Waals surface area (Å²) in [5, 5.41) is -0.861. The maximum atomic E-state index is 11.8. The molecule has 74 valence electrons. The SMILES string of the molecule is CCC1C(=O)c2ccccc2S1(=O)=O. The van der Waals surface area contributed by atoms with Crippen LogP contribution in [0, 0.1) is 0 Å². The van der Waals surface area contributed by atoms with E-state index in [1.54, 1.807) is 25.1 Å². The molecular weight excluding hydrogens is 200 g/mol. The minimum Gasteiger partial charge on any atom is -0.293 e. The fourth-order valence-corrected chi connectivity index (χ4v) is 3.69. The fraction of sp³-hybridized carbons (Fsp3) is 0.300. The van der Waals surface area contributed by atoms with Gasteiger partial charge in [0.2, 0.25) is 0 Å². The molecule has 0 saturated heterocycles. The zero-order chi connectivity index (χ0) is 10.3. The van der Waals surface area contributed by atoms with Gasteiger partial charge >= 0.3 is 0 Å². The van der Waals surface area contributed by atoms with Gasteiger partial charge in [-0.15, -0.1) is 0 Å². The van der Waals surface area contributed by atoms with Crippen LogP contribution in [-0.2, 0) is 9.84 Å². The largest absolute Gasteiger partial charge is 0.293 e. The van der Waals surface area contributed by atoms with Crippen molar-refractivity contribution in [1.29, 1.82) is 0 Å². The summed E-state index contributed by atoms with van der Waals surface area (Å²) in [5.41, 5.74) is 0.347. The maximum absolute atomic E-state index is 11.8. The Bertz CT molecular complexity index is 488. The zero-order valence-corrected chi connectivity index (χ0v) is 8.54. The third-order valence-electron chi connectivity index (χ3n) is 2.50. The average molecular weight is 210 g/mol. The molecule has 0 saturated carbocycles. The molecular formula is C10H10O3S. The van der Waals surface area contributed by atoms with E-state index in [9.17, 15) is 13.2 Å². The van der Waals surface area contributed by atoms with Gasteiger partial charge < -0.3 is 0 Å². The van der Waals surface area contributed by atoms with Crippen LogP contribution >= 0.6 is 0 Å². The molecule has 1 aliphatic heterocycles. The average Bonchev–Trinajstić information content (AvgIpc) is 2.36. The van der Waals surface area contributed by atoms with Crippen molar-refractivity contribution in [2.75, 3.05) is 0 Å². The Morgan fingerprint density at radius 1 is 1.29 bits per heavy atom. The normalized spacial score (nSPS) is 23.5. The van der Waals surface area contributed by atoms with Crippen molar-refractivity contribution < 1.29 is 13.2 Å². The molecule has 0 N–H and O–H groups in total. The van der Waals surface area contributed by atoms with E-state index in [2.05, 4.69) is 0 Å². The summed E-state index contributed by atoms with van der Waals surface area (Å²) in [6.07, 6.45) is 0.343. The second-order valence-corrected chi connectivity index (χ2v) is 5.40. The molecule has 1 aromatic rings. The van der Waals surface area contributed by atoms with Gasteiger partial charge in [-0.25, -0.2) is 8.42 Å². The highest BCUT2D eigenvalue weighted by Gasteiger charge is 2.42. The van der Waals surface area contributed by atoms with Crippen LogP contribution < -0.4 is 0 Å². The van der Waals surface area contributed by atoms with Crippen LogP contribution in [-0.4, -0.2) is 19.5 Å². The lowest BCUT2D eigenvalue weighted by Gasteiger charge is -2.02. The highest BCUT2D eigenvalue weighted by atomic mass is 32.2. The summed E-state index contributed by atoms with van der Waals surface area (Å²) in [5.74, 6) is -0.261. The third kappa shape index (κ3) is 1.04. The standard InChI is InChI=1S/C10H10O3S/c1-2-8-10(11)7-5-3-4-6-9(7)14(8,12)13/h3-6,8H,2H2,1H3. The molecule has 2 rings (SSSR count). The topological polar surface area (TPSA) is 51.2 Å². The Hall–Kier alpha value is -1.16. The van der Waals surface area contributed by atoms with E-state index in [4.69, 9.17) is 0 Å². The lowest BCUT2D eigenvalue weighted by atomic mass is 10.1. The van der Waals surface area contributed by atoms with Crippen LogP contribution in [0.4, 0.5) is 0 Å². The van der Waals surface area contributed by atoms with Crippen LogP contribution in [0.25, 0.3) is 0 Å². The summed E-state index contributed by atoms with van der Waals surface area (Å²) in [7, 11) is -3.40. The predicted molar refractivity (Wildman–Crippen MR) is 52.0 cm³/mol. The molecule has 1 aliphatic rings. The number of benzene rings is 1. The molecule has 1 atom stereocenters. The van der Waals surface area contributed by atoms with E-state index in [0.29, 0.717) is 12.0 Å². The van der Waals surface area contributed by atoms with Gasteiger partial charge in [-0.1, -0.05) is 25.1 Å².